The lowest BCUT2D eigenvalue weighted by Gasteiger charge is -1.93. The van der Waals surface area contributed by atoms with Crippen molar-refractivity contribution in [2.24, 2.45) is 0 Å². The van der Waals surface area contributed by atoms with Gasteiger partial charge in [0.2, 0.25) is 0 Å². The molecule has 0 aliphatic rings. The minimum absolute atomic E-state index is 0.283. The van der Waals surface area contributed by atoms with E-state index in [-0.39, 0.29) is 13.2 Å². The molecular weight excluding hydrogens is 184 g/mol. The Morgan fingerprint density at radius 3 is 1.64 bits per heavy atom. The summed E-state index contributed by atoms with van der Waals surface area (Å²) in [7, 11) is 0. The third-order valence-electron chi connectivity index (χ3n) is 1.38. The van der Waals surface area contributed by atoms with Crippen molar-refractivity contribution >= 4 is 5.97 Å². The zero-order chi connectivity index (χ0) is 11.2. The summed E-state index contributed by atoms with van der Waals surface area (Å²) in [5.41, 5.74) is 0. The second-order valence-electron chi connectivity index (χ2n) is 2.70. The Kier molecular flexibility index (Phi) is 16.3. The summed E-state index contributed by atoms with van der Waals surface area (Å²) < 4.78 is 0. The number of allylic oxidation sites excluding steroid dienone is 1. The Morgan fingerprint density at radius 1 is 1.07 bits per heavy atom. The van der Waals surface area contributed by atoms with Gasteiger partial charge in [-0.25, -0.2) is 4.79 Å². The monoisotopic (exact) mass is 204 g/mol. The third kappa shape index (κ3) is 22.5. The highest BCUT2D eigenvalue weighted by atomic mass is 16.4. The highest BCUT2D eigenvalue weighted by Crippen LogP contribution is 1.96. The molecule has 0 aliphatic carbocycles. The van der Waals surface area contributed by atoms with E-state index >= 15 is 0 Å². The zero-order valence-electron chi connectivity index (χ0n) is 8.65. The van der Waals surface area contributed by atoms with Crippen molar-refractivity contribution in [1.29, 1.82) is 0 Å². The van der Waals surface area contributed by atoms with Crippen LogP contribution >= 0.6 is 0 Å². The van der Waals surface area contributed by atoms with Crippen LogP contribution in [-0.4, -0.2) is 34.5 Å². The van der Waals surface area contributed by atoms with Crippen molar-refractivity contribution in [3.63, 3.8) is 0 Å². The standard InChI is InChI=1S/C6H14O2.C4H6O2/c7-5-3-1-2-4-6-8;1-2-3-4(5)6/h7-8H,1-6H2;2-3H,1H3,(H,5,6). The van der Waals surface area contributed by atoms with Gasteiger partial charge in [0.05, 0.1) is 0 Å². The highest BCUT2D eigenvalue weighted by Gasteiger charge is 1.84. The number of hydrogen-bond acceptors (Lipinski definition) is 3. The molecule has 0 spiro atoms. The zero-order valence-corrected chi connectivity index (χ0v) is 8.65. The van der Waals surface area contributed by atoms with Gasteiger partial charge in [0.15, 0.2) is 0 Å². The number of carboxylic acid groups (broad SMARTS) is 1. The van der Waals surface area contributed by atoms with Gasteiger partial charge in [-0.2, -0.15) is 0 Å². The molecule has 0 saturated carbocycles. The molecule has 0 radical (unpaired) electrons. The van der Waals surface area contributed by atoms with Gasteiger partial charge in [0, 0.05) is 19.3 Å². The minimum Gasteiger partial charge on any atom is -0.478 e. The van der Waals surface area contributed by atoms with Crippen molar-refractivity contribution in [3.05, 3.63) is 12.2 Å². The van der Waals surface area contributed by atoms with Crippen molar-refractivity contribution < 1.29 is 20.1 Å². The normalized spacial score (nSPS) is 9.64. The molecule has 84 valence electrons. The van der Waals surface area contributed by atoms with Crippen molar-refractivity contribution in [2.75, 3.05) is 13.2 Å². The molecule has 0 amide bonds. The maximum absolute atomic E-state index is 9.51. The number of aliphatic hydroxyl groups is 2. The fourth-order valence-corrected chi connectivity index (χ4v) is 0.720. The van der Waals surface area contributed by atoms with E-state index in [4.69, 9.17) is 15.3 Å². The van der Waals surface area contributed by atoms with Crippen LogP contribution in [0.15, 0.2) is 12.2 Å². The first-order valence-electron chi connectivity index (χ1n) is 4.76. The average molecular weight is 204 g/mol. The molecule has 0 aliphatic heterocycles. The molecule has 0 heterocycles. The SMILES string of the molecule is CC=CC(=O)O.OCCCCCCO. The number of aliphatic hydroxyl groups excluding tert-OH is 2. The van der Waals surface area contributed by atoms with E-state index in [1.165, 1.54) is 6.08 Å². The predicted molar refractivity (Wildman–Crippen MR) is 55.1 cm³/mol. The van der Waals surface area contributed by atoms with E-state index in [9.17, 15) is 4.79 Å². The molecule has 0 aromatic rings. The van der Waals surface area contributed by atoms with E-state index in [0.717, 1.165) is 31.8 Å². The molecule has 0 aromatic carbocycles. The highest BCUT2D eigenvalue weighted by molar-refractivity contribution is 5.79. The first kappa shape index (κ1) is 15.6. The number of aliphatic carboxylic acids is 1. The maximum Gasteiger partial charge on any atom is 0.327 e. The lowest BCUT2D eigenvalue weighted by molar-refractivity contribution is -0.131. The topological polar surface area (TPSA) is 77.8 Å². The second kappa shape index (κ2) is 14.6. The summed E-state index contributed by atoms with van der Waals surface area (Å²) in [6, 6.07) is 0. The van der Waals surface area contributed by atoms with Gasteiger partial charge in [-0.3, -0.25) is 0 Å². The number of rotatable bonds is 6. The molecule has 0 bridgehead atoms. The number of hydrogen-bond donors (Lipinski definition) is 3. The quantitative estimate of drug-likeness (QED) is 0.448. The van der Waals surface area contributed by atoms with Crippen LogP contribution in [0.25, 0.3) is 0 Å². The molecule has 0 aromatic heterocycles. The smallest absolute Gasteiger partial charge is 0.327 e. The Morgan fingerprint density at radius 2 is 1.50 bits per heavy atom. The van der Waals surface area contributed by atoms with E-state index in [1.807, 2.05) is 0 Å². The fraction of sp³-hybridized carbons (Fsp3) is 0.700. The number of carboxylic acids is 1. The third-order valence-corrected chi connectivity index (χ3v) is 1.38. The molecular formula is C10H20O4. The van der Waals surface area contributed by atoms with E-state index in [0.29, 0.717) is 0 Å². The van der Waals surface area contributed by atoms with Crippen LogP contribution < -0.4 is 0 Å². The molecule has 0 fully saturated rings. The summed E-state index contributed by atoms with van der Waals surface area (Å²) in [6.45, 7) is 2.23. The first-order chi connectivity index (χ1) is 6.68. The summed E-state index contributed by atoms with van der Waals surface area (Å²) >= 11 is 0. The van der Waals surface area contributed by atoms with Crippen molar-refractivity contribution in [1.82, 2.24) is 0 Å². The number of unbranched alkanes of at least 4 members (excludes halogenated alkanes) is 3. The van der Waals surface area contributed by atoms with Gasteiger partial charge in [-0.15, -0.1) is 0 Å². The second-order valence-corrected chi connectivity index (χ2v) is 2.70. The van der Waals surface area contributed by atoms with Crippen LogP contribution in [0.3, 0.4) is 0 Å². The van der Waals surface area contributed by atoms with Crippen LogP contribution in [0.4, 0.5) is 0 Å². The molecule has 0 atom stereocenters. The largest absolute Gasteiger partial charge is 0.478 e. The lowest BCUT2D eigenvalue weighted by Crippen LogP contribution is -1.85. The van der Waals surface area contributed by atoms with E-state index < -0.39 is 5.97 Å². The van der Waals surface area contributed by atoms with Gasteiger partial charge in [-0.1, -0.05) is 18.9 Å². The van der Waals surface area contributed by atoms with Gasteiger partial charge in [0.25, 0.3) is 0 Å². The summed E-state index contributed by atoms with van der Waals surface area (Å²) in [4.78, 5) is 9.51. The number of carbonyl (C=O) groups is 1. The predicted octanol–water partition coefficient (Wildman–Crippen LogP) is 1.18. The van der Waals surface area contributed by atoms with Crippen LogP contribution in [0.1, 0.15) is 32.6 Å². The van der Waals surface area contributed by atoms with Crippen LogP contribution in [0.5, 0.6) is 0 Å². The van der Waals surface area contributed by atoms with Crippen LogP contribution in [-0.2, 0) is 4.79 Å². The molecule has 4 nitrogen and oxygen atoms in total. The Labute approximate surface area is 84.9 Å². The van der Waals surface area contributed by atoms with Gasteiger partial charge >= 0.3 is 5.97 Å². The average Bonchev–Trinajstić information content (AvgIpc) is 2.13. The molecule has 14 heavy (non-hydrogen) atoms. The van der Waals surface area contributed by atoms with Gasteiger partial charge < -0.3 is 15.3 Å². The van der Waals surface area contributed by atoms with E-state index in [1.54, 1.807) is 6.92 Å². The molecule has 0 unspecified atom stereocenters. The Balaban J connectivity index is 0. The van der Waals surface area contributed by atoms with Crippen LogP contribution in [0.2, 0.25) is 0 Å². The fourth-order valence-electron chi connectivity index (χ4n) is 0.720. The van der Waals surface area contributed by atoms with Crippen LogP contribution in [0, 0.1) is 0 Å². The van der Waals surface area contributed by atoms with E-state index in [2.05, 4.69) is 0 Å². The Bertz CT molecular complexity index is 137. The molecule has 4 heteroatoms. The summed E-state index contributed by atoms with van der Waals surface area (Å²) in [5, 5.41) is 24.4. The summed E-state index contributed by atoms with van der Waals surface area (Å²) in [6.07, 6.45) is 6.39. The molecule has 3 N–H and O–H groups in total. The van der Waals surface area contributed by atoms with Crippen molar-refractivity contribution in [3.8, 4) is 0 Å². The summed E-state index contributed by atoms with van der Waals surface area (Å²) in [5.74, 6) is -0.891. The maximum atomic E-state index is 9.51. The van der Waals surface area contributed by atoms with Gasteiger partial charge in [-0.05, 0) is 19.8 Å². The Hall–Kier alpha value is -0.870. The molecule has 0 saturated heterocycles. The van der Waals surface area contributed by atoms with Crippen molar-refractivity contribution in [2.45, 2.75) is 32.6 Å². The molecule has 0 rings (SSSR count). The lowest BCUT2D eigenvalue weighted by atomic mass is 10.2. The first-order valence-corrected chi connectivity index (χ1v) is 4.76. The minimum atomic E-state index is -0.891. The van der Waals surface area contributed by atoms with Gasteiger partial charge in [0.1, 0.15) is 0 Å².